The molecule has 1 amide bonds. The van der Waals surface area contributed by atoms with Crippen LogP contribution in [0.25, 0.3) is 6.08 Å². The number of amides is 1. The highest BCUT2D eigenvalue weighted by Crippen LogP contribution is 2.38. The molecule has 3 rings (SSSR count). The molecule has 0 radical (unpaired) electrons. The van der Waals surface area contributed by atoms with Gasteiger partial charge in [0.15, 0.2) is 11.5 Å². The normalized spacial score (nSPS) is 17.0. The van der Waals surface area contributed by atoms with E-state index in [0.717, 1.165) is 24.1 Å². The Balaban J connectivity index is 1.96. The number of hydrogen-bond acceptors (Lipinski definition) is 4. The van der Waals surface area contributed by atoms with Crippen molar-refractivity contribution in [2.75, 3.05) is 27.2 Å². The number of allylic oxidation sites excluding steroid dienone is 1. The molecule has 0 saturated carbocycles. The van der Waals surface area contributed by atoms with Gasteiger partial charge in [-0.25, -0.2) is 0 Å². The van der Waals surface area contributed by atoms with Crippen molar-refractivity contribution < 1.29 is 14.7 Å². The summed E-state index contributed by atoms with van der Waals surface area (Å²) in [6.45, 7) is 7.68. The van der Waals surface area contributed by atoms with E-state index in [1.165, 1.54) is 11.6 Å². The van der Waals surface area contributed by atoms with Crippen molar-refractivity contribution >= 4 is 17.8 Å². The maximum absolute atomic E-state index is 13.2. The number of ketones is 1. The van der Waals surface area contributed by atoms with Crippen molar-refractivity contribution in [2.24, 2.45) is 0 Å². The topological polar surface area (TPSA) is 60.9 Å². The zero-order chi connectivity index (χ0) is 24.2. The first kappa shape index (κ1) is 24.5. The fraction of sp³-hybridized carbons (Fsp3) is 0.357. The number of rotatable bonds is 8. The summed E-state index contributed by atoms with van der Waals surface area (Å²) in [4.78, 5) is 29.9. The highest BCUT2D eigenvalue weighted by atomic mass is 16.3. The van der Waals surface area contributed by atoms with Crippen LogP contribution in [-0.4, -0.2) is 53.8 Å². The van der Waals surface area contributed by atoms with Gasteiger partial charge in [0.25, 0.3) is 5.91 Å². The summed E-state index contributed by atoms with van der Waals surface area (Å²) in [5, 5.41) is 10.7. The first-order valence-corrected chi connectivity index (χ1v) is 11.4. The molecule has 0 fully saturated rings. The number of carbonyl (C=O) groups excluding carboxylic acids is 2. The molecule has 0 aliphatic carbocycles. The van der Waals surface area contributed by atoms with Crippen LogP contribution in [0.4, 0.5) is 0 Å². The van der Waals surface area contributed by atoms with Crippen LogP contribution in [0.1, 0.15) is 49.9 Å². The zero-order valence-electron chi connectivity index (χ0n) is 20.2. The van der Waals surface area contributed by atoms with Crippen LogP contribution in [0, 0.1) is 0 Å². The summed E-state index contributed by atoms with van der Waals surface area (Å²) in [6, 6.07) is 16.9. The lowest BCUT2D eigenvalue weighted by atomic mass is 9.85. The van der Waals surface area contributed by atoms with Crippen molar-refractivity contribution in [2.45, 2.75) is 38.6 Å². The Kier molecular flexibility index (Phi) is 7.54. The highest BCUT2D eigenvalue weighted by Gasteiger charge is 2.42. The minimum absolute atomic E-state index is 0.00945. The lowest BCUT2D eigenvalue weighted by molar-refractivity contribution is -0.129. The van der Waals surface area contributed by atoms with Gasteiger partial charge in [0.2, 0.25) is 0 Å². The first-order valence-electron chi connectivity index (χ1n) is 11.4. The van der Waals surface area contributed by atoms with Gasteiger partial charge in [0.1, 0.15) is 0 Å². The van der Waals surface area contributed by atoms with E-state index >= 15 is 0 Å². The molecule has 174 valence electrons. The van der Waals surface area contributed by atoms with E-state index in [1.54, 1.807) is 11.0 Å². The summed E-state index contributed by atoms with van der Waals surface area (Å²) in [6.07, 6.45) is 3.89. The van der Waals surface area contributed by atoms with E-state index in [1.807, 2.05) is 68.7 Å². The molecule has 0 aromatic heterocycles. The van der Waals surface area contributed by atoms with Gasteiger partial charge in [-0.3, -0.25) is 9.59 Å². The number of aliphatic hydroxyl groups excluding tert-OH is 1. The molecule has 1 aliphatic rings. The summed E-state index contributed by atoms with van der Waals surface area (Å²) in [7, 11) is 3.96. The van der Waals surface area contributed by atoms with E-state index in [-0.39, 0.29) is 16.8 Å². The second-order valence-corrected chi connectivity index (χ2v) is 9.80. The molecule has 0 bridgehead atoms. The Morgan fingerprint density at radius 1 is 1.06 bits per heavy atom. The van der Waals surface area contributed by atoms with Crippen LogP contribution in [0.5, 0.6) is 0 Å². The molecule has 1 aliphatic heterocycles. The Bertz CT molecular complexity index is 1040. The standard InChI is InChI=1S/C28H34N2O3/c1-28(2,3)22-15-13-21(14-16-22)25-24(23(31)17-12-20-10-7-6-8-11-20)26(32)27(33)30(25)19-9-18-29(4)5/h6-8,10-17,25,32H,9,18-19H2,1-5H3. The fourth-order valence-corrected chi connectivity index (χ4v) is 4.03. The molecule has 2 aromatic rings. The second kappa shape index (κ2) is 10.2. The minimum atomic E-state index is -0.610. The molecule has 0 spiro atoms. The predicted molar refractivity (Wildman–Crippen MR) is 133 cm³/mol. The van der Waals surface area contributed by atoms with Crippen molar-refractivity contribution in [3.05, 3.63) is 88.7 Å². The number of hydrogen-bond donors (Lipinski definition) is 1. The third-order valence-electron chi connectivity index (χ3n) is 5.89. The van der Waals surface area contributed by atoms with Gasteiger partial charge in [-0.15, -0.1) is 0 Å². The highest BCUT2D eigenvalue weighted by molar-refractivity contribution is 6.14. The molecule has 33 heavy (non-hydrogen) atoms. The molecule has 5 nitrogen and oxygen atoms in total. The van der Waals surface area contributed by atoms with Gasteiger partial charge in [0.05, 0.1) is 11.6 Å². The average molecular weight is 447 g/mol. The van der Waals surface area contributed by atoms with E-state index in [2.05, 4.69) is 25.7 Å². The number of nitrogens with zero attached hydrogens (tertiary/aromatic N) is 2. The SMILES string of the molecule is CN(C)CCCN1C(=O)C(O)=C(C(=O)C=Cc2ccccc2)C1c1ccc(C(C)(C)C)cc1. The lowest BCUT2D eigenvalue weighted by Gasteiger charge is -2.28. The Morgan fingerprint density at radius 2 is 1.70 bits per heavy atom. The molecular formula is C28H34N2O3. The summed E-state index contributed by atoms with van der Waals surface area (Å²) >= 11 is 0. The summed E-state index contributed by atoms with van der Waals surface area (Å²) in [5.74, 6) is -1.30. The third kappa shape index (κ3) is 5.79. The predicted octanol–water partition coefficient (Wildman–Crippen LogP) is 4.91. The maximum Gasteiger partial charge on any atom is 0.290 e. The molecule has 2 aromatic carbocycles. The Labute approximate surface area is 197 Å². The lowest BCUT2D eigenvalue weighted by Crippen LogP contribution is -2.33. The monoisotopic (exact) mass is 446 g/mol. The smallest absolute Gasteiger partial charge is 0.290 e. The zero-order valence-corrected chi connectivity index (χ0v) is 20.2. The van der Waals surface area contributed by atoms with Gasteiger partial charge in [-0.05, 0) is 55.2 Å². The van der Waals surface area contributed by atoms with Crippen molar-refractivity contribution in [3.63, 3.8) is 0 Å². The molecule has 0 saturated heterocycles. The van der Waals surface area contributed by atoms with Crippen LogP contribution in [0.2, 0.25) is 0 Å². The Morgan fingerprint density at radius 3 is 2.27 bits per heavy atom. The van der Waals surface area contributed by atoms with E-state index in [4.69, 9.17) is 0 Å². The number of carbonyl (C=O) groups is 2. The molecule has 1 N–H and O–H groups in total. The van der Waals surface area contributed by atoms with Gasteiger partial charge in [0, 0.05) is 6.54 Å². The molecule has 5 heteroatoms. The van der Waals surface area contributed by atoms with E-state index in [0.29, 0.717) is 6.54 Å². The van der Waals surface area contributed by atoms with Gasteiger partial charge in [-0.1, -0.05) is 81.4 Å². The Hall–Kier alpha value is -3.18. The largest absolute Gasteiger partial charge is 0.503 e. The molecular weight excluding hydrogens is 412 g/mol. The van der Waals surface area contributed by atoms with E-state index in [9.17, 15) is 14.7 Å². The van der Waals surface area contributed by atoms with Gasteiger partial charge in [-0.2, -0.15) is 0 Å². The van der Waals surface area contributed by atoms with E-state index < -0.39 is 17.7 Å². The first-order chi connectivity index (χ1) is 15.6. The van der Waals surface area contributed by atoms with Crippen molar-refractivity contribution in [1.82, 2.24) is 9.80 Å². The van der Waals surface area contributed by atoms with Crippen LogP contribution in [-0.2, 0) is 15.0 Å². The van der Waals surface area contributed by atoms with Crippen molar-refractivity contribution in [1.29, 1.82) is 0 Å². The van der Waals surface area contributed by atoms with Crippen LogP contribution in [0.3, 0.4) is 0 Å². The van der Waals surface area contributed by atoms with Crippen LogP contribution < -0.4 is 0 Å². The molecule has 1 heterocycles. The minimum Gasteiger partial charge on any atom is -0.503 e. The molecule has 1 atom stereocenters. The number of aliphatic hydroxyl groups is 1. The third-order valence-corrected chi connectivity index (χ3v) is 5.89. The maximum atomic E-state index is 13.2. The number of benzene rings is 2. The van der Waals surface area contributed by atoms with Gasteiger partial charge < -0.3 is 14.9 Å². The average Bonchev–Trinajstić information content (AvgIpc) is 3.02. The summed E-state index contributed by atoms with van der Waals surface area (Å²) < 4.78 is 0. The van der Waals surface area contributed by atoms with Gasteiger partial charge >= 0.3 is 0 Å². The van der Waals surface area contributed by atoms with Crippen molar-refractivity contribution in [3.8, 4) is 0 Å². The van der Waals surface area contributed by atoms with Crippen LogP contribution >= 0.6 is 0 Å². The molecule has 1 unspecified atom stereocenters. The summed E-state index contributed by atoms with van der Waals surface area (Å²) in [5.41, 5.74) is 3.00. The fourth-order valence-electron chi connectivity index (χ4n) is 4.03. The second-order valence-electron chi connectivity index (χ2n) is 9.80. The quantitative estimate of drug-likeness (QED) is 0.585. The van der Waals surface area contributed by atoms with Crippen LogP contribution in [0.15, 0.2) is 72.0 Å².